The fraction of sp³-hybridized carbons (Fsp3) is 0.524. The Morgan fingerprint density at radius 3 is 2.62 bits per heavy atom. The molecular formula is C21H29N5O5S. The predicted molar refractivity (Wildman–Crippen MR) is 120 cm³/mol. The number of hydrogen-bond acceptors (Lipinski definition) is 8. The summed E-state index contributed by atoms with van der Waals surface area (Å²) in [6, 6.07) is 3.20. The van der Waals surface area contributed by atoms with Crippen molar-refractivity contribution in [3.63, 3.8) is 0 Å². The van der Waals surface area contributed by atoms with Gasteiger partial charge in [0.2, 0.25) is 5.91 Å². The van der Waals surface area contributed by atoms with Crippen molar-refractivity contribution in [2.45, 2.75) is 32.8 Å². The summed E-state index contributed by atoms with van der Waals surface area (Å²) >= 11 is 1.25. The minimum atomic E-state index is -0.498. The zero-order valence-electron chi connectivity index (χ0n) is 18.6. The van der Waals surface area contributed by atoms with Gasteiger partial charge in [-0.15, -0.1) is 11.3 Å². The highest BCUT2D eigenvalue weighted by molar-refractivity contribution is 7.14. The van der Waals surface area contributed by atoms with E-state index in [-0.39, 0.29) is 30.1 Å². The second-order valence-electron chi connectivity index (χ2n) is 8.41. The zero-order chi connectivity index (χ0) is 23.1. The van der Waals surface area contributed by atoms with Gasteiger partial charge in [-0.05, 0) is 32.9 Å². The minimum Gasteiger partial charge on any atom is -0.459 e. The molecule has 1 fully saturated rings. The molecule has 0 aliphatic carbocycles. The Bertz CT molecular complexity index is 913. The molecule has 174 valence electrons. The molecule has 2 N–H and O–H groups in total. The average molecular weight is 464 g/mol. The van der Waals surface area contributed by atoms with Gasteiger partial charge in [0.1, 0.15) is 5.60 Å². The van der Waals surface area contributed by atoms with Crippen molar-refractivity contribution in [2.75, 3.05) is 44.6 Å². The first-order chi connectivity index (χ1) is 15.2. The van der Waals surface area contributed by atoms with Gasteiger partial charge >= 0.3 is 6.09 Å². The molecule has 11 heteroatoms. The normalized spacial score (nSPS) is 14.8. The Labute approximate surface area is 190 Å². The molecule has 10 nitrogen and oxygen atoms in total. The van der Waals surface area contributed by atoms with Crippen molar-refractivity contribution in [3.05, 3.63) is 35.2 Å². The van der Waals surface area contributed by atoms with Crippen molar-refractivity contribution in [1.29, 1.82) is 0 Å². The van der Waals surface area contributed by atoms with E-state index >= 15 is 0 Å². The van der Waals surface area contributed by atoms with E-state index in [1.807, 2.05) is 20.8 Å². The van der Waals surface area contributed by atoms with Crippen LogP contribution in [0.3, 0.4) is 0 Å². The SMILES string of the molecule is CC(C)(C)OC(=O)N1CCN(CCNC(=O)Cc2csc(NC(=O)c3ccco3)n2)CC1. The number of furan rings is 1. The van der Waals surface area contributed by atoms with Gasteiger partial charge < -0.3 is 19.4 Å². The summed E-state index contributed by atoms with van der Waals surface area (Å²) in [5.74, 6) is -0.315. The summed E-state index contributed by atoms with van der Waals surface area (Å²) in [7, 11) is 0. The van der Waals surface area contributed by atoms with E-state index in [2.05, 4.69) is 20.5 Å². The number of ether oxygens (including phenoxy) is 1. The number of carbonyl (C=O) groups is 3. The maximum absolute atomic E-state index is 12.2. The van der Waals surface area contributed by atoms with Crippen LogP contribution in [0.4, 0.5) is 9.93 Å². The number of nitrogens with one attached hydrogen (secondary N) is 2. The fourth-order valence-electron chi connectivity index (χ4n) is 3.07. The molecule has 0 bridgehead atoms. The van der Waals surface area contributed by atoms with Crippen LogP contribution in [0.25, 0.3) is 0 Å². The number of piperazine rings is 1. The first kappa shape index (κ1) is 23.7. The number of aromatic nitrogens is 1. The average Bonchev–Trinajstić information content (AvgIpc) is 3.39. The number of anilines is 1. The van der Waals surface area contributed by atoms with Crippen LogP contribution in [-0.4, -0.2) is 77.6 Å². The first-order valence-electron chi connectivity index (χ1n) is 10.5. The van der Waals surface area contributed by atoms with Crippen LogP contribution < -0.4 is 10.6 Å². The van der Waals surface area contributed by atoms with Crippen LogP contribution in [0.2, 0.25) is 0 Å². The van der Waals surface area contributed by atoms with Gasteiger partial charge in [-0.2, -0.15) is 0 Å². The number of carbonyl (C=O) groups excluding carboxylic acids is 3. The quantitative estimate of drug-likeness (QED) is 0.646. The van der Waals surface area contributed by atoms with Crippen LogP contribution in [0.15, 0.2) is 28.2 Å². The van der Waals surface area contributed by atoms with Gasteiger partial charge in [0.25, 0.3) is 5.91 Å². The largest absolute Gasteiger partial charge is 0.459 e. The molecule has 2 aromatic rings. The molecule has 1 saturated heterocycles. The summed E-state index contributed by atoms with van der Waals surface area (Å²) in [6.45, 7) is 9.46. The van der Waals surface area contributed by atoms with E-state index in [1.165, 1.54) is 17.6 Å². The summed E-state index contributed by atoms with van der Waals surface area (Å²) in [5.41, 5.74) is 0.0925. The van der Waals surface area contributed by atoms with E-state index < -0.39 is 5.60 Å². The van der Waals surface area contributed by atoms with E-state index in [1.54, 1.807) is 22.4 Å². The van der Waals surface area contributed by atoms with Crippen LogP contribution >= 0.6 is 11.3 Å². The lowest BCUT2D eigenvalue weighted by Crippen LogP contribution is -2.51. The van der Waals surface area contributed by atoms with Gasteiger partial charge in [0, 0.05) is 44.6 Å². The topological polar surface area (TPSA) is 117 Å². The lowest BCUT2D eigenvalue weighted by molar-refractivity contribution is -0.120. The lowest BCUT2D eigenvalue weighted by atomic mass is 10.2. The second-order valence-corrected chi connectivity index (χ2v) is 9.27. The van der Waals surface area contributed by atoms with Crippen LogP contribution in [-0.2, 0) is 16.0 Å². The molecule has 0 unspecified atom stereocenters. The Morgan fingerprint density at radius 2 is 1.97 bits per heavy atom. The van der Waals surface area contributed by atoms with Gasteiger partial charge in [-0.1, -0.05) is 0 Å². The highest BCUT2D eigenvalue weighted by atomic mass is 32.1. The molecule has 1 aliphatic heterocycles. The number of amides is 3. The number of rotatable bonds is 7. The minimum absolute atomic E-state index is 0.133. The van der Waals surface area contributed by atoms with Crippen LogP contribution in [0.5, 0.6) is 0 Å². The molecule has 0 aromatic carbocycles. The van der Waals surface area contributed by atoms with Crippen molar-refractivity contribution < 1.29 is 23.5 Å². The monoisotopic (exact) mass is 463 g/mol. The molecule has 2 aromatic heterocycles. The van der Waals surface area contributed by atoms with Crippen LogP contribution in [0, 0.1) is 0 Å². The van der Waals surface area contributed by atoms with E-state index in [9.17, 15) is 14.4 Å². The van der Waals surface area contributed by atoms with Crippen molar-refractivity contribution in [3.8, 4) is 0 Å². The molecule has 3 rings (SSSR count). The predicted octanol–water partition coefficient (Wildman–Crippen LogP) is 2.20. The Hall–Kier alpha value is -2.92. The maximum Gasteiger partial charge on any atom is 0.410 e. The molecular weight excluding hydrogens is 434 g/mol. The Kier molecular flexibility index (Phi) is 7.86. The van der Waals surface area contributed by atoms with E-state index in [0.29, 0.717) is 37.0 Å². The van der Waals surface area contributed by atoms with E-state index in [4.69, 9.17) is 9.15 Å². The molecule has 0 spiro atoms. The zero-order valence-corrected chi connectivity index (χ0v) is 19.4. The Balaban J connectivity index is 1.33. The van der Waals surface area contributed by atoms with Crippen molar-refractivity contribution >= 4 is 34.4 Å². The van der Waals surface area contributed by atoms with Gasteiger partial charge in [-0.3, -0.25) is 19.8 Å². The number of thiazole rings is 1. The fourth-order valence-corrected chi connectivity index (χ4v) is 3.78. The number of nitrogens with zero attached hydrogens (tertiary/aromatic N) is 3. The third-order valence-electron chi connectivity index (χ3n) is 4.63. The summed E-state index contributed by atoms with van der Waals surface area (Å²) in [6.07, 6.45) is 1.28. The van der Waals surface area contributed by atoms with Crippen LogP contribution in [0.1, 0.15) is 37.0 Å². The summed E-state index contributed by atoms with van der Waals surface area (Å²) < 4.78 is 10.4. The van der Waals surface area contributed by atoms with Gasteiger partial charge in [0.15, 0.2) is 10.9 Å². The number of hydrogen-bond donors (Lipinski definition) is 2. The third-order valence-corrected chi connectivity index (χ3v) is 5.44. The maximum atomic E-state index is 12.2. The van der Waals surface area contributed by atoms with Gasteiger partial charge in [-0.25, -0.2) is 9.78 Å². The lowest BCUT2D eigenvalue weighted by Gasteiger charge is -2.35. The first-order valence-corrected chi connectivity index (χ1v) is 11.3. The summed E-state index contributed by atoms with van der Waals surface area (Å²) in [5, 5.41) is 7.70. The molecule has 3 amide bonds. The standard InChI is InChI=1S/C21H29N5O5S/c1-21(2,3)31-20(29)26-10-8-25(9-11-26)7-6-22-17(27)13-15-14-32-19(23-15)24-18(28)16-5-4-12-30-16/h4-5,12,14H,6-11,13H2,1-3H3,(H,22,27)(H,23,24,28). The molecule has 3 heterocycles. The highest BCUT2D eigenvalue weighted by Crippen LogP contribution is 2.17. The molecule has 0 saturated carbocycles. The smallest absolute Gasteiger partial charge is 0.410 e. The Morgan fingerprint density at radius 1 is 1.22 bits per heavy atom. The second kappa shape index (κ2) is 10.6. The highest BCUT2D eigenvalue weighted by Gasteiger charge is 2.25. The molecule has 0 radical (unpaired) electrons. The third kappa shape index (κ3) is 7.34. The molecule has 1 aliphatic rings. The van der Waals surface area contributed by atoms with E-state index in [0.717, 1.165) is 13.1 Å². The summed E-state index contributed by atoms with van der Waals surface area (Å²) in [4.78, 5) is 44.5. The molecule has 0 atom stereocenters. The molecule has 32 heavy (non-hydrogen) atoms. The van der Waals surface area contributed by atoms with Crippen molar-refractivity contribution in [2.24, 2.45) is 0 Å². The van der Waals surface area contributed by atoms with Crippen molar-refractivity contribution in [1.82, 2.24) is 20.1 Å². The van der Waals surface area contributed by atoms with Gasteiger partial charge in [0.05, 0.1) is 18.4 Å².